The second kappa shape index (κ2) is 6.25. The normalized spacial score (nSPS) is 23.5. The molecule has 4 nitrogen and oxygen atoms in total. The molecule has 1 aliphatic heterocycles. The summed E-state index contributed by atoms with van der Waals surface area (Å²) in [7, 11) is 0. The first-order valence-corrected chi connectivity index (χ1v) is 9.20. The minimum absolute atomic E-state index is 0.0810. The molecular formula is C20H27N3O. The molecule has 128 valence electrons. The molecule has 0 unspecified atom stereocenters. The highest BCUT2D eigenvalue weighted by Gasteiger charge is 2.37. The summed E-state index contributed by atoms with van der Waals surface area (Å²) >= 11 is 0. The zero-order valence-corrected chi connectivity index (χ0v) is 14.7. The van der Waals surface area contributed by atoms with Crippen molar-refractivity contribution in [3.63, 3.8) is 0 Å². The van der Waals surface area contributed by atoms with Gasteiger partial charge in [-0.2, -0.15) is 0 Å². The number of nitrogens with one attached hydrogen (secondary N) is 1. The van der Waals surface area contributed by atoms with Crippen LogP contribution in [0.4, 0.5) is 0 Å². The van der Waals surface area contributed by atoms with E-state index in [0.717, 1.165) is 24.0 Å². The first-order valence-electron chi connectivity index (χ1n) is 9.20. The number of aromatic nitrogens is 1. The Bertz CT molecular complexity index is 748. The minimum atomic E-state index is 0.0810. The van der Waals surface area contributed by atoms with Gasteiger partial charge in [0.2, 0.25) is 5.91 Å². The Morgan fingerprint density at radius 1 is 1.29 bits per heavy atom. The van der Waals surface area contributed by atoms with Crippen LogP contribution < -0.4 is 5.32 Å². The number of likely N-dealkylation sites (tertiary alicyclic amines) is 1. The average molecular weight is 325 g/mol. The van der Waals surface area contributed by atoms with Crippen molar-refractivity contribution in [3.8, 4) is 0 Å². The van der Waals surface area contributed by atoms with Crippen molar-refractivity contribution in [1.29, 1.82) is 0 Å². The summed E-state index contributed by atoms with van der Waals surface area (Å²) in [5.41, 5.74) is 2.52. The maximum atomic E-state index is 12.2. The molecule has 1 aromatic carbocycles. The van der Waals surface area contributed by atoms with Crippen molar-refractivity contribution < 1.29 is 4.79 Å². The number of hydrogen-bond donors (Lipinski definition) is 1. The van der Waals surface area contributed by atoms with E-state index in [2.05, 4.69) is 45.2 Å². The van der Waals surface area contributed by atoms with Crippen molar-refractivity contribution in [2.24, 2.45) is 5.92 Å². The number of nitrogens with zero attached hydrogens (tertiary/aromatic N) is 2. The van der Waals surface area contributed by atoms with Crippen LogP contribution in [0, 0.1) is 5.92 Å². The summed E-state index contributed by atoms with van der Waals surface area (Å²) in [6, 6.07) is 9.43. The molecule has 1 amide bonds. The number of rotatable bonds is 5. The number of carbonyl (C=O) groups is 1. The van der Waals surface area contributed by atoms with E-state index >= 15 is 0 Å². The van der Waals surface area contributed by atoms with Gasteiger partial charge in [0.15, 0.2) is 0 Å². The van der Waals surface area contributed by atoms with Crippen LogP contribution in [0.3, 0.4) is 0 Å². The molecule has 0 radical (unpaired) electrons. The summed E-state index contributed by atoms with van der Waals surface area (Å²) in [6.07, 6.45) is 6.35. The molecule has 4 rings (SSSR count). The van der Waals surface area contributed by atoms with Gasteiger partial charge < -0.3 is 9.88 Å². The Morgan fingerprint density at radius 2 is 2.12 bits per heavy atom. The second-order valence-corrected chi connectivity index (χ2v) is 7.78. The first-order chi connectivity index (χ1) is 11.6. The van der Waals surface area contributed by atoms with E-state index in [1.54, 1.807) is 0 Å². The second-order valence-electron chi connectivity index (χ2n) is 7.78. The molecule has 24 heavy (non-hydrogen) atoms. The van der Waals surface area contributed by atoms with Gasteiger partial charge in [0.1, 0.15) is 6.54 Å². The van der Waals surface area contributed by atoms with Crippen LogP contribution in [0.1, 0.15) is 38.7 Å². The third kappa shape index (κ3) is 2.95. The zero-order chi connectivity index (χ0) is 16.7. The Balaban J connectivity index is 1.58. The van der Waals surface area contributed by atoms with Gasteiger partial charge in [0.25, 0.3) is 0 Å². The highest BCUT2D eigenvalue weighted by atomic mass is 16.2. The van der Waals surface area contributed by atoms with Crippen LogP contribution in [0.2, 0.25) is 0 Å². The predicted octanol–water partition coefficient (Wildman–Crippen LogP) is 3.15. The Hall–Kier alpha value is -1.81. The monoisotopic (exact) mass is 325 g/mol. The van der Waals surface area contributed by atoms with Gasteiger partial charge in [-0.25, -0.2) is 0 Å². The standard InChI is InChI=1S/C20H27N3O/c1-14(2)21-20(24)13-23-12-16(18-5-3-4-6-19(18)23)11-22-10-15-7-8-17(22)9-15/h3-6,12,14-15,17H,7-11,13H2,1-2H3,(H,21,24)/t15-,17-/m1/s1. The molecular weight excluding hydrogens is 298 g/mol. The van der Waals surface area contributed by atoms with Crippen molar-refractivity contribution in [1.82, 2.24) is 14.8 Å². The van der Waals surface area contributed by atoms with Crippen LogP contribution in [-0.2, 0) is 17.9 Å². The summed E-state index contributed by atoms with van der Waals surface area (Å²) in [4.78, 5) is 14.8. The van der Waals surface area contributed by atoms with Gasteiger partial charge in [0, 0.05) is 42.3 Å². The van der Waals surface area contributed by atoms with Gasteiger partial charge in [-0.15, -0.1) is 0 Å². The van der Waals surface area contributed by atoms with E-state index in [4.69, 9.17) is 0 Å². The summed E-state index contributed by atoms with van der Waals surface area (Å²) < 4.78 is 2.11. The highest BCUT2D eigenvalue weighted by molar-refractivity contribution is 5.86. The molecule has 1 aliphatic carbocycles. The molecule has 2 heterocycles. The SMILES string of the molecule is CC(C)NC(=O)Cn1cc(CN2C[C@@H]3CC[C@@H]2C3)c2ccccc21. The molecule has 4 heteroatoms. The fraction of sp³-hybridized carbons (Fsp3) is 0.550. The lowest BCUT2D eigenvalue weighted by Crippen LogP contribution is -2.33. The van der Waals surface area contributed by atoms with Gasteiger partial charge in [0.05, 0.1) is 0 Å². The van der Waals surface area contributed by atoms with Crippen LogP contribution in [-0.4, -0.2) is 34.0 Å². The molecule has 1 saturated carbocycles. The first kappa shape index (κ1) is 15.7. The average Bonchev–Trinajstić information content (AvgIpc) is 3.23. The smallest absolute Gasteiger partial charge is 0.240 e. The van der Waals surface area contributed by atoms with Crippen LogP contribution in [0.5, 0.6) is 0 Å². The topological polar surface area (TPSA) is 37.3 Å². The number of para-hydroxylation sites is 1. The largest absolute Gasteiger partial charge is 0.352 e. The lowest BCUT2D eigenvalue weighted by Gasteiger charge is -2.26. The van der Waals surface area contributed by atoms with Gasteiger partial charge >= 0.3 is 0 Å². The molecule has 2 fully saturated rings. The number of fused-ring (bicyclic) bond motifs is 3. The van der Waals surface area contributed by atoms with Crippen molar-refractivity contribution in [2.75, 3.05) is 6.54 Å². The van der Waals surface area contributed by atoms with E-state index in [-0.39, 0.29) is 11.9 Å². The van der Waals surface area contributed by atoms with Crippen LogP contribution >= 0.6 is 0 Å². The number of amides is 1. The lowest BCUT2D eigenvalue weighted by atomic mass is 10.1. The summed E-state index contributed by atoms with van der Waals surface area (Å²) in [5, 5.41) is 4.28. The minimum Gasteiger partial charge on any atom is -0.352 e. The number of hydrogen-bond acceptors (Lipinski definition) is 2. The quantitative estimate of drug-likeness (QED) is 0.917. The van der Waals surface area contributed by atoms with E-state index < -0.39 is 0 Å². The van der Waals surface area contributed by atoms with Crippen molar-refractivity contribution >= 4 is 16.8 Å². The van der Waals surface area contributed by atoms with Crippen molar-refractivity contribution in [2.45, 2.75) is 58.3 Å². The fourth-order valence-corrected chi connectivity index (χ4v) is 4.54. The van der Waals surface area contributed by atoms with Gasteiger partial charge in [-0.1, -0.05) is 18.2 Å². The Morgan fingerprint density at radius 3 is 2.83 bits per heavy atom. The molecule has 2 aromatic rings. The molecule has 1 N–H and O–H groups in total. The predicted molar refractivity (Wildman–Crippen MR) is 96.8 cm³/mol. The lowest BCUT2D eigenvalue weighted by molar-refractivity contribution is -0.122. The van der Waals surface area contributed by atoms with E-state index in [1.807, 2.05) is 13.8 Å². The third-order valence-electron chi connectivity index (χ3n) is 5.53. The zero-order valence-electron chi connectivity index (χ0n) is 14.7. The molecule has 1 saturated heterocycles. The maximum absolute atomic E-state index is 12.2. The van der Waals surface area contributed by atoms with Crippen LogP contribution in [0.15, 0.2) is 30.5 Å². The third-order valence-corrected chi connectivity index (χ3v) is 5.53. The molecule has 2 bridgehead atoms. The van der Waals surface area contributed by atoms with Crippen molar-refractivity contribution in [3.05, 3.63) is 36.0 Å². The number of piperidine rings is 1. The molecule has 1 aromatic heterocycles. The number of carbonyl (C=O) groups excluding carboxylic acids is 1. The van der Waals surface area contributed by atoms with Gasteiger partial charge in [-0.3, -0.25) is 9.69 Å². The fourth-order valence-electron chi connectivity index (χ4n) is 4.54. The Labute approximate surface area is 143 Å². The van der Waals surface area contributed by atoms with E-state index in [9.17, 15) is 4.79 Å². The summed E-state index contributed by atoms with van der Waals surface area (Å²) in [6.45, 7) is 6.66. The molecule has 0 spiro atoms. The van der Waals surface area contributed by atoms with E-state index in [1.165, 1.54) is 36.8 Å². The number of benzene rings is 1. The molecule has 2 atom stereocenters. The maximum Gasteiger partial charge on any atom is 0.240 e. The Kier molecular flexibility index (Phi) is 4.09. The van der Waals surface area contributed by atoms with E-state index in [0.29, 0.717) is 6.54 Å². The molecule has 2 aliphatic rings. The van der Waals surface area contributed by atoms with Gasteiger partial charge in [-0.05, 0) is 50.7 Å². The van der Waals surface area contributed by atoms with Crippen LogP contribution in [0.25, 0.3) is 10.9 Å². The highest BCUT2D eigenvalue weighted by Crippen LogP contribution is 2.38. The summed E-state index contributed by atoms with van der Waals surface area (Å²) in [5.74, 6) is 0.998.